The Morgan fingerprint density at radius 3 is 2.13 bits per heavy atom. The van der Waals surface area contributed by atoms with Crippen molar-refractivity contribution in [2.75, 3.05) is 21.1 Å². The van der Waals surface area contributed by atoms with E-state index in [9.17, 15) is 4.79 Å². The summed E-state index contributed by atoms with van der Waals surface area (Å²) in [5, 5.41) is 0. The lowest BCUT2D eigenvalue weighted by atomic mass is 10.1. The summed E-state index contributed by atoms with van der Waals surface area (Å²) in [7, 11) is 6.03. The van der Waals surface area contributed by atoms with Crippen molar-refractivity contribution in [3.63, 3.8) is 0 Å². The van der Waals surface area contributed by atoms with Crippen molar-refractivity contribution in [3.8, 4) is 0 Å². The van der Waals surface area contributed by atoms with Gasteiger partial charge in [0.15, 0.2) is 5.78 Å². The van der Waals surface area contributed by atoms with E-state index >= 15 is 0 Å². The van der Waals surface area contributed by atoms with E-state index < -0.39 is 0 Å². The van der Waals surface area contributed by atoms with E-state index in [0.717, 1.165) is 5.56 Å². The zero-order valence-corrected chi connectivity index (χ0v) is 10.0. The van der Waals surface area contributed by atoms with Crippen LogP contribution in [0.1, 0.15) is 10.4 Å². The van der Waals surface area contributed by atoms with Crippen molar-refractivity contribution in [1.82, 2.24) is 0 Å². The average Bonchev–Trinajstić information content (AvgIpc) is 2.14. The molecule has 1 aromatic rings. The first-order chi connectivity index (χ1) is 6.49. The Kier molecular flexibility index (Phi) is 5.26. The molecule has 3 heteroatoms. The van der Waals surface area contributed by atoms with Gasteiger partial charge in [-0.25, -0.2) is 0 Å². The van der Waals surface area contributed by atoms with Crippen LogP contribution in [0.25, 0.3) is 0 Å². The molecule has 0 aliphatic rings. The summed E-state index contributed by atoms with van der Waals surface area (Å²) in [4.78, 5) is 11.6. The topological polar surface area (TPSA) is 17.1 Å². The van der Waals surface area contributed by atoms with Crippen molar-refractivity contribution in [1.29, 1.82) is 0 Å². The summed E-state index contributed by atoms with van der Waals surface area (Å²) in [6.07, 6.45) is 3.49. The van der Waals surface area contributed by atoms with E-state index in [1.165, 1.54) is 0 Å². The monoisotopic (exact) mass is 225 g/mol. The van der Waals surface area contributed by atoms with Crippen LogP contribution >= 0.6 is 0 Å². The molecule has 0 fully saturated rings. The number of carbonyl (C=O) groups excluding carboxylic acids is 1. The van der Waals surface area contributed by atoms with E-state index in [0.29, 0.717) is 4.48 Å². The molecule has 0 saturated carbocycles. The van der Waals surface area contributed by atoms with Gasteiger partial charge in [-0.2, -0.15) is 0 Å². The zero-order valence-electron chi connectivity index (χ0n) is 9.27. The third-order valence-electron chi connectivity index (χ3n) is 1.73. The molecule has 0 aromatic heterocycles. The van der Waals surface area contributed by atoms with Crippen LogP contribution < -0.4 is 12.4 Å². The van der Waals surface area contributed by atoms with Crippen LogP contribution in [-0.4, -0.2) is 31.4 Å². The highest BCUT2D eigenvalue weighted by molar-refractivity contribution is 6.04. The highest BCUT2D eigenvalue weighted by Gasteiger charge is 2.04. The number of rotatable bonds is 3. The van der Waals surface area contributed by atoms with Gasteiger partial charge in [0.25, 0.3) is 0 Å². The smallest absolute Gasteiger partial charge is 0.191 e. The van der Waals surface area contributed by atoms with Crippen molar-refractivity contribution in [3.05, 3.63) is 48.2 Å². The summed E-state index contributed by atoms with van der Waals surface area (Å²) >= 11 is 0. The van der Waals surface area contributed by atoms with Crippen molar-refractivity contribution < 1.29 is 21.7 Å². The fourth-order valence-corrected chi connectivity index (χ4v) is 0.990. The maximum absolute atomic E-state index is 11.6. The molecule has 0 heterocycles. The molecule has 1 aromatic carbocycles. The molecule has 0 bridgehead atoms. The van der Waals surface area contributed by atoms with Gasteiger partial charge in [-0.15, -0.1) is 0 Å². The minimum atomic E-state index is 0. The first-order valence-corrected chi connectivity index (χ1v) is 4.59. The number of benzene rings is 1. The minimum Gasteiger partial charge on any atom is -1.00 e. The highest BCUT2D eigenvalue weighted by Crippen LogP contribution is 2.02. The van der Waals surface area contributed by atoms with Crippen molar-refractivity contribution >= 4 is 5.78 Å². The Morgan fingerprint density at radius 1 is 1.13 bits per heavy atom. The van der Waals surface area contributed by atoms with E-state index in [1.807, 2.05) is 57.7 Å². The number of halogens is 1. The number of hydrogen-bond donors (Lipinski definition) is 0. The highest BCUT2D eigenvalue weighted by atomic mass is 35.5. The molecule has 15 heavy (non-hydrogen) atoms. The molecule has 0 radical (unpaired) electrons. The minimum absolute atomic E-state index is 0. The van der Waals surface area contributed by atoms with Gasteiger partial charge >= 0.3 is 0 Å². The zero-order chi connectivity index (χ0) is 10.6. The predicted octanol–water partition coefficient (Wildman–Crippen LogP) is -0.907. The molecule has 82 valence electrons. The Labute approximate surface area is 97.2 Å². The van der Waals surface area contributed by atoms with Gasteiger partial charge in [0, 0.05) is 11.6 Å². The molecular weight excluding hydrogens is 210 g/mol. The first-order valence-electron chi connectivity index (χ1n) is 4.59. The Morgan fingerprint density at radius 2 is 1.67 bits per heavy atom. The molecule has 0 unspecified atom stereocenters. The number of ketones is 1. The fourth-order valence-electron chi connectivity index (χ4n) is 0.990. The molecule has 2 nitrogen and oxygen atoms in total. The van der Waals surface area contributed by atoms with E-state index in [4.69, 9.17) is 0 Å². The molecule has 0 atom stereocenters. The molecule has 0 aliphatic carbocycles. The lowest BCUT2D eigenvalue weighted by Crippen LogP contribution is -3.00. The first kappa shape index (κ1) is 13.9. The summed E-state index contributed by atoms with van der Waals surface area (Å²) in [6, 6.07) is 9.28. The second-order valence-electron chi connectivity index (χ2n) is 4.16. The van der Waals surface area contributed by atoms with Gasteiger partial charge in [-0.05, 0) is 0 Å². The quantitative estimate of drug-likeness (QED) is 0.370. The van der Waals surface area contributed by atoms with Crippen LogP contribution in [0.15, 0.2) is 42.6 Å². The van der Waals surface area contributed by atoms with Gasteiger partial charge in [0.2, 0.25) is 0 Å². The molecule has 0 amide bonds. The average molecular weight is 226 g/mol. The summed E-state index contributed by atoms with van der Waals surface area (Å²) in [5.41, 5.74) is 0.734. The van der Waals surface area contributed by atoms with Gasteiger partial charge in [-0.3, -0.25) is 4.79 Å². The molecule has 1 rings (SSSR count). The molecule has 0 saturated heterocycles. The third-order valence-corrected chi connectivity index (χ3v) is 1.73. The summed E-state index contributed by atoms with van der Waals surface area (Å²) in [6.45, 7) is 0. The lowest BCUT2D eigenvalue weighted by Gasteiger charge is -2.16. The maximum atomic E-state index is 11.6. The normalized spacial score (nSPS) is 11.1. The standard InChI is InChI=1S/C12H16NO.ClH/c1-13(2,3)10-9-12(14)11-7-5-4-6-8-11;/h4-10H,1-3H3;1H/q+1;/p-1. The largest absolute Gasteiger partial charge is 1.00 e. The predicted molar refractivity (Wildman–Crippen MR) is 57.9 cm³/mol. The number of quaternary nitrogens is 1. The van der Waals surface area contributed by atoms with Crippen LogP contribution in [0.4, 0.5) is 0 Å². The van der Waals surface area contributed by atoms with E-state index in [1.54, 1.807) is 6.08 Å². The number of allylic oxidation sites excluding steroid dienone is 1. The third kappa shape index (κ3) is 5.35. The van der Waals surface area contributed by atoms with Crippen molar-refractivity contribution in [2.45, 2.75) is 0 Å². The molecule has 0 spiro atoms. The summed E-state index contributed by atoms with van der Waals surface area (Å²) < 4.78 is 0.651. The van der Waals surface area contributed by atoms with E-state index in [-0.39, 0.29) is 18.2 Å². The van der Waals surface area contributed by atoms with Gasteiger partial charge in [-0.1, -0.05) is 30.3 Å². The van der Waals surface area contributed by atoms with Gasteiger partial charge in [0.1, 0.15) is 0 Å². The lowest BCUT2D eigenvalue weighted by molar-refractivity contribution is -0.817. The number of hydrogen-bond acceptors (Lipinski definition) is 1. The molecular formula is C12H16ClNO. The maximum Gasteiger partial charge on any atom is 0.191 e. The van der Waals surface area contributed by atoms with E-state index in [2.05, 4.69) is 0 Å². The van der Waals surface area contributed by atoms with Crippen LogP contribution in [0, 0.1) is 0 Å². The Balaban J connectivity index is 0.00000196. The Hall–Kier alpha value is -1.12. The molecule has 0 aliphatic heterocycles. The second-order valence-corrected chi connectivity index (χ2v) is 4.16. The van der Waals surface area contributed by atoms with Crippen molar-refractivity contribution in [2.24, 2.45) is 0 Å². The van der Waals surface area contributed by atoms with Crippen LogP contribution in [0.2, 0.25) is 0 Å². The summed E-state index contributed by atoms with van der Waals surface area (Å²) in [5.74, 6) is 0.0543. The second kappa shape index (κ2) is 5.69. The Bertz CT molecular complexity index is 338. The SMILES string of the molecule is C[N+](C)(C)C=CC(=O)c1ccccc1.[Cl-]. The number of nitrogens with zero attached hydrogens (tertiary/aromatic N) is 1. The molecule has 0 N–H and O–H groups in total. The van der Waals surface area contributed by atoms with Crippen LogP contribution in [-0.2, 0) is 0 Å². The van der Waals surface area contributed by atoms with Gasteiger partial charge in [0.05, 0.1) is 27.3 Å². The van der Waals surface area contributed by atoms with Gasteiger partial charge < -0.3 is 16.9 Å². The number of carbonyl (C=O) groups is 1. The van der Waals surface area contributed by atoms with Crippen LogP contribution in [0.5, 0.6) is 0 Å². The van der Waals surface area contributed by atoms with Crippen LogP contribution in [0.3, 0.4) is 0 Å². The fraction of sp³-hybridized carbons (Fsp3) is 0.250.